The summed E-state index contributed by atoms with van der Waals surface area (Å²) in [6, 6.07) is -3.26. The van der Waals surface area contributed by atoms with Gasteiger partial charge in [-0.05, 0) is 24.5 Å². The zero-order valence-electron chi connectivity index (χ0n) is 21.1. The minimum atomic E-state index is -4.61. The first-order chi connectivity index (χ1) is 16.0. The van der Waals surface area contributed by atoms with Gasteiger partial charge in [0.15, 0.2) is 5.82 Å². The van der Waals surface area contributed by atoms with E-state index >= 15 is 4.39 Å². The van der Waals surface area contributed by atoms with Gasteiger partial charge in [-0.25, -0.2) is 22.2 Å². The summed E-state index contributed by atoms with van der Waals surface area (Å²) in [5.74, 6) is -6.68. The predicted octanol–water partition coefficient (Wildman–Crippen LogP) is 3.83. The third-order valence-corrected chi connectivity index (χ3v) is 4.78. The van der Waals surface area contributed by atoms with Crippen LogP contribution in [0.25, 0.3) is 11.4 Å². The molecule has 6 nitrogen and oxygen atoms in total. The van der Waals surface area contributed by atoms with Crippen LogP contribution in [0.4, 0.5) is 14.5 Å². The Hall–Kier alpha value is -2.52. The van der Waals surface area contributed by atoms with Crippen molar-refractivity contribution in [3.63, 3.8) is 0 Å². The van der Waals surface area contributed by atoms with E-state index in [0.29, 0.717) is 0 Å². The molecule has 2 aliphatic heterocycles. The number of nitrogens with one attached hydrogen (secondary N) is 2. The monoisotopic (exact) mass is 421 g/mol. The lowest BCUT2D eigenvalue weighted by Gasteiger charge is -2.11. The van der Waals surface area contributed by atoms with Gasteiger partial charge in [0.25, 0.3) is 0 Å². The number of hydrogen-bond donors (Lipinski definition) is 2. The number of ketones is 1. The van der Waals surface area contributed by atoms with Crippen molar-refractivity contribution in [2.45, 2.75) is 13.3 Å². The Labute approximate surface area is 170 Å². The summed E-state index contributed by atoms with van der Waals surface area (Å²) in [5.41, 5.74) is -4.03. The number of hydrogen-bond acceptors (Lipinski definition) is 4. The molecule has 2 N–H and O–H groups in total. The summed E-state index contributed by atoms with van der Waals surface area (Å²) >= 11 is 5.83. The third-order valence-electron chi connectivity index (χ3n) is 3.33. The van der Waals surface area contributed by atoms with Crippen LogP contribution in [-0.4, -0.2) is 29.9 Å². The highest BCUT2D eigenvalue weighted by Crippen LogP contribution is 2.31. The van der Waals surface area contributed by atoms with Crippen molar-refractivity contribution in [1.29, 1.82) is 0 Å². The fourth-order valence-electron chi connectivity index (χ4n) is 2.17. The SMILES string of the molecule is [2H]c1nc2[nH]c([2H])c(Cl)c([2H])c-2c1C(=O)c1c(F)c([2H])c([2H])c(NS(=O)(=O)CCC([2H])([2H])[2H])c1F. The maximum atomic E-state index is 15.3. The molecule has 0 bridgehead atoms. The zero-order valence-corrected chi connectivity index (χ0v) is 14.7. The van der Waals surface area contributed by atoms with E-state index in [-0.39, 0.29) is 5.82 Å². The molecule has 1 aromatic carbocycles. The number of aromatic amines is 1. The average Bonchev–Trinajstić information content (AvgIpc) is 3.07. The van der Waals surface area contributed by atoms with Gasteiger partial charge >= 0.3 is 0 Å². The smallest absolute Gasteiger partial charge is 0.232 e. The fourth-order valence-corrected chi connectivity index (χ4v) is 3.13. The summed E-state index contributed by atoms with van der Waals surface area (Å²) in [6.07, 6.45) is -2.16. The Balaban J connectivity index is 2.19. The molecule has 3 rings (SSSR count). The summed E-state index contributed by atoms with van der Waals surface area (Å²) in [6.45, 7) is -2.65. The highest BCUT2D eigenvalue weighted by molar-refractivity contribution is 7.92. The molecule has 2 aliphatic rings. The van der Waals surface area contributed by atoms with Gasteiger partial charge in [0, 0.05) is 22.0 Å². The second-order valence-corrected chi connectivity index (χ2v) is 7.36. The van der Waals surface area contributed by atoms with Gasteiger partial charge in [0.05, 0.1) is 34.4 Å². The Morgan fingerprint density at radius 1 is 1.44 bits per heavy atom. The summed E-state index contributed by atoms with van der Waals surface area (Å²) in [4.78, 5) is 19.1. The lowest BCUT2D eigenvalue weighted by Crippen LogP contribution is -2.18. The van der Waals surface area contributed by atoms with Crippen molar-refractivity contribution in [1.82, 2.24) is 9.97 Å². The molecule has 0 saturated carbocycles. The molecule has 142 valence electrons. The van der Waals surface area contributed by atoms with Crippen molar-refractivity contribution in [2.75, 3.05) is 10.5 Å². The van der Waals surface area contributed by atoms with Crippen LogP contribution >= 0.6 is 11.6 Å². The molecule has 0 atom stereocenters. The molecule has 0 amide bonds. The first kappa shape index (κ1) is 11.4. The number of carbonyl (C=O) groups excluding carboxylic acids is 1. The Kier molecular flexibility index (Phi) is 3.04. The Morgan fingerprint density at radius 2 is 2.22 bits per heavy atom. The number of carbonyl (C=O) groups is 1. The van der Waals surface area contributed by atoms with Crippen LogP contribution in [0.15, 0.2) is 30.5 Å². The summed E-state index contributed by atoms with van der Waals surface area (Å²) in [7, 11) is -4.61. The van der Waals surface area contributed by atoms with Crippen molar-refractivity contribution < 1.29 is 33.0 Å². The number of fused-ring (bicyclic) bond motifs is 1. The van der Waals surface area contributed by atoms with Gasteiger partial charge in [-0.1, -0.05) is 18.5 Å². The topological polar surface area (TPSA) is 91.9 Å². The van der Waals surface area contributed by atoms with Gasteiger partial charge in [0.1, 0.15) is 11.6 Å². The second kappa shape index (κ2) is 7.24. The van der Waals surface area contributed by atoms with E-state index in [1.165, 1.54) is 0 Å². The van der Waals surface area contributed by atoms with Crippen LogP contribution in [0.5, 0.6) is 0 Å². The summed E-state index contributed by atoms with van der Waals surface area (Å²) in [5, 5.41) is -0.481. The van der Waals surface area contributed by atoms with Crippen LogP contribution in [-0.2, 0) is 10.0 Å². The van der Waals surface area contributed by atoms with Crippen LogP contribution in [0.2, 0.25) is 5.02 Å². The van der Waals surface area contributed by atoms with Gasteiger partial charge in [-0.3, -0.25) is 9.52 Å². The number of H-pyrrole nitrogens is 1. The van der Waals surface area contributed by atoms with Crippen molar-refractivity contribution in [2.24, 2.45) is 0 Å². The van der Waals surface area contributed by atoms with E-state index in [4.69, 9.17) is 22.6 Å². The molecule has 0 spiro atoms. The van der Waals surface area contributed by atoms with Crippen LogP contribution in [0.3, 0.4) is 0 Å². The molecule has 0 aromatic heterocycles. The molecular formula is C17H14ClF2N3O3S. The molecule has 0 unspecified atom stereocenters. The second-order valence-electron chi connectivity index (χ2n) is 5.14. The number of aromatic nitrogens is 2. The number of nitrogens with zero attached hydrogens (tertiary/aromatic N) is 1. The van der Waals surface area contributed by atoms with E-state index in [1.54, 1.807) is 4.72 Å². The number of anilines is 1. The maximum Gasteiger partial charge on any atom is 0.232 e. The first-order valence-electron chi connectivity index (χ1n) is 11.1. The molecule has 2 heterocycles. The molecule has 0 fully saturated rings. The lowest BCUT2D eigenvalue weighted by atomic mass is 10.00. The number of sulfonamides is 1. The van der Waals surface area contributed by atoms with Gasteiger partial charge < -0.3 is 4.98 Å². The van der Waals surface area contributed by atoms with E-state index in [9.17, 15) is 17.6 Å². The highest BCUT2D eigenvalue weighted by Gasteiger charge is 2.27. The molecule has 0 aliphatic carbocycles. The number of rotatable bonds is 6. The minimum Gasteiger partial charge on any atom is -0.345 e. The van der Waals surface area contributed by atoms with Gasteiger partial charge in [0.2, 0.25) is 15.8 Å². The number of pyridine rings is 1. The van der Waals surface area contributed by atoms with Crippen LogP contribution in [0.1, 0.15) is 40.2 Å². The normalized spacial score (nSPS) is 16.4. The molecule has 0 radical (unpaired) electrons. The number of benzene rings is 1. The molecule has 10 heteroatoms. The van der Waals surface area contributed by atoms with Crippen LogP contribution in [0, 0.1) is 11.6 Å². The predicted molar refractivity (Wildman–Crippen MR) is 97.7 cm³/mol. The number of halogens is 3. The van der Waals surface area contributed by atoms with E-state index < -0.39 is 104 Å². The Bertz CT molecular complexity index is 1450. The first-order valence-corrected chi connectivity index (χ1v) is 9.18. The van der Waals surface area contributed by atoms with Gasteiger partial charge in [-0.15, -0.1) is 0 Å². The van der Waals surface area contributed by atoms with Crippen molar-refractivity contribution >= 4 is 33.1 Å². The van der Waals surface area contributed by atoms with E-state index in [1.807, 2.05) is 0 Å². The van der Waals surface area contributed by atoms with E-state index in [2.05, 4.69) is 9.97 Å². The highest BCUT2D eigenvalue weighted by atomic mass is 35.5. The minimum absolute atomic E-state index is 0.327. The van der Waals surface area contributed by atoms with Crippen molar-refractivity contribution in [3.05, 3.63) is 58.3 Å². The van der Waals surface area contributed by atoms with E-state index in [0.717, 1.165) is 0 Å². The molecule has 0 saturated heterocycles. The average molecular weight is 422 g/mol. The fraction of sp³-hybridized carbons (Fsp3) is 0.176. The molecular weight excluding hydrogens is 400 g/mol. The third kappa shape index (κ3) is 3.79. The zero-order chi connectivity index (χ0) is 26.6. The van der Waals surface area contributed by atoms with Gasteiger partial charge in [-0.2, -0.15) is 0 Å². The molecule has 27 heavy (non-hydrogen) atoms. The standard InChI is InChI=1S/C17H14ClF2N3O3S/c1-2-5-27(25,26)23-13-4-3-12(19)14(15(13)20)16(24)11-8-22-17-10(11)6-9(18)7-21-17/h3-4,6-8,23H,2,5H2,1H3,(H,21,22)/i1D3,3D,4D,6D,7D,8D. The summed E-state index contributed by atoms with van der Waals surface area (Å²) < 4.78 is 117. The lowest BCUT2D eigenvalue weighted by molar-refractivity contribution is 0.103. The Morgan fingerprint density at radius 3 is 2.96 bits per heavy atom. The maximum absolute atomic E-state index is 15.3. The van der Waals surface area contributed by atoms with Crippen molar-refractivity contribution in [3.8, 4) is 11.4 Å². The molecule has 1 aromatic rings. The largest absolute Gasteiger partial charge is 0.345 e. The quantitative estimate of drug-likeness (QED) is 0.591. The van der Waals surface area contributed by atoms with Crippen LogP contribution < -0.4 is 4.72 Å².